The molecule has 0 bridgehead atoms. The molecule has 1 aliphatic rings. The molecule has 3 aromatic carbocycles. The monoisotopic (exact) mass is 449 g/mol. The second-order valence-corrected chi connectivity index (χ2v) is 8.01. The van der Waals surface area contributed by atoms with E-state index in [9.17, 15) is 9.90 Å². The number of morpholine rings is 1. The third-order valence-electron chi connectivity index (χ3n) is 5.78. The molecule has 0 amide bonds. The van der Waals surface area contributed by atoms with E-state index in [0.29, 0.717) is 35.8 Å². The lowest BCUT2D eigenvalue weighted by Gasteiger charge is -2.31. The van der Waals surface area contributed by atoms with Crippen LogP contribution < -0.4 is 9.64 Å². The first-order chi connectivity index (χ1) is 15.6. The minimum Gasteiger partial charge on any atom is -0.497 e. The van der Waals surface area contributed by atoms with E-state index in [1.165, 1.54) is 0 Å². The van der Waals surface area contributed by atoms with Gasteiger partial charge < -0.3 is 19.5 Å². The van der Waals surface area contributed by atoms with Gasteiger partial charge in [-0.1, -0.05) is 42.5 Å². The normalized spacial score (nSPS) is 13.8. The van der Waals surface area contributed by atoms with Crippen LogP contribution in [0.1, 0.15) is 27.0 Å². The highest BCUT2D eigenvalue weighted by atomic mass is 32.1. The number of thiol groups is 1. The molecule has 0 aromatic heterocycles. The number of carbonyl (C=O) groups is 1. The van der Waals surface area contributed by atoms with Gasteiger partial charge in [0.05, 0.1) is 26.9 Å². The number of methoxy groups -OCH3 is 1. The molecule has 0 radical (unpaired) electrons. The van der Waals surface area contributed by atoms with Gasteiger partial charge in [0.1, 0.15) is 5.75 Å². The first-order valence-electron chi connectivity index (χ1n) is 10.6. The van der Waals surface area contributed by atoms with Gasteiger partial charge in [0.2, 0.25) is 0 Å². The average Bonchev–Trinajstić information content (AvgIpc) is 2.88. The molecule has 0 atom stereocenters. The van der Waals surface area contributed by atoms with Crippen LogP contribution >= 0.6 is 12.6 Å². The van der Waals surface area contributed by atoms with Crippen LogP contribution in [0.4, 0.5) is 5.69 Å². The lowest BCUT2D eigenvalue weighted by molar-refractivity contribution is 0.103. The molecule has 3 aromatic rings. The molecule has 1 N–H and O–H groups in total. The van der Waals surface area contributed by atoms with Crippen molar-refractivity contribution in [2.24, 2.45) is 0 Å². The van der Waals surface area contributed by atoms with Gasteiger partial charge in [0, 0.05) is 41.2 Å². The Hall–Kier alpha value is -2.80. The van der Waals surface area contributed by atoms with Gasteiger partial charge >= 0.3 is 0 Å². The number of aliphatic hydroxyl groups excluding tert-OH is 1. The summed E-state index contributed by atoms with van der Waals surface area (Å²) in [6, 6.07) is 19.1. The van der Waals surface area contributed by atoms with Gasteiger partial charge in [-0.3, -0.25) is 4.79 Å². The van der Waals surface area contributed by atoms with Crippen molar-refractivity contribution in [3.8, 4) is 16.9 Å². The number of ketones is 1. The number of ether oxygens (including phenoxy) is 2. The topological polar surface area (TPSA) is 59.0 Å². The number of anilines is 1. The van der Waals surface area contributed by atoms with Crippen molar-refractivity contribution in [3.63, 3.8) is 0 Å². The summed E-state index contributed by atoms with van der Waals surface area (Å²) in [5.74, 6) is 1.32. The van der Waals surface area contributed by atoms with Gasteiger partial charge in [0.15, 0.2) is 5.78 Å². The van der Waals surface area contributed by atoms with E-state index in [-0.39, 0.29) is 12.4 Å². The lowest BCUT2D eigenvalue weighted by Crippen LogP contribution is -2.36. The van der Waals surface area contributed by atoms with Crippen LogP contribution in [0.5, 0.6) is 5.75 Å². The van der Waals surface area contributed by atoms with Crippen molar-refractivity contribution < 1.29 is 19.4 Å². The summed E-state index contributed by atoms with van der Waals surface area (Å²) in [4.78, 5) is 15.5. The van der Waals surface area contributed by atoms with E-state index in [1.807, 2.05) is 60.7 Å². The second kappa shape index (κ2) is 10.2. The number of carbonyl (C=O) groups excluding carboxylic acids is 1. The smallest absolute Gasteiger partial charge is 0.193 e. The van der Waals surface area contributed by atoms with Crippen LogP contribution in [0, 0.1) is 0 Å². The van der Waals surface area contributed by atoms with Gasteiger partial charge in [0.25, 0.3) is 0 Å². The van der Waals surface area contributed by atoms with E-state index < -0.39 is 0 Å². The van der Waals surface area contributed by atoms with Gasteiger partial charge in [-0.05, 0) is 34.9 Å². The molecule has 1 fully saturated rings. The number of aliphatic hydroxyl groups is 1. The molecule has 1 saturated heterocycles. The number of hydrogen-bond acceptors (Lipinski definition) is 6. The molecule has 0 spiro atoms. The molecule has 0 unspecified atom stereocenters. The van der Waals surface area contributed by atoms with E-state index in [4.69, 9.17) is 9.47 Å². The van der Waals surface area contributed by atoms with Crippen molar-refractivity contribution in [2.75, 3.05) is 38.3 Å². The number of hydrogen-bond donors (Lipinski definition) is 2. The van der Waals surface area contributed by atoms with Gasteiger partial charge in [-0.2, -0.15) is 12.6 Å². The third kappa shape index (κ3) is 4.67. The first-order valence-corrected chi connectivity index (χ1v) is 11.3. The van der Waals surface area contributed by atoms with Crippen LogP contribution in [0.25, 0.3) is 11.1 Å². The van der Waals surface area contributed by atoms with Crippen molar-refractivity contribution in [1.82, 2.24) is 0 Å². The van der Waals surface area contributed by atoms with Crippen LogP contribution in [0.15, 0.2) is 60.7 Å². The fraction of sp³-hybridized carbons (Fsp3) is 0.269. The molecule has 4 rings (SSSR count). The first kappa shape index (κ1) is 22.4. The second-order valence-electron chi connectivity index (χ2n) is 7.70. The molecule has 0 aliphatic carbocycles. The summed E-state index contributed by atoms with van der Waals surface area (Å²) >= 11 is 4.29. The zero-order valence-corrected chi connectivity index (χ0v) is 19.0. The minimum absolute atomic E-state index is 0.0195. The number of benzene rings is 3. The zero-order valence-electron chi connectivity index (χ0n) is 18.1. The molecular weight excluding hydrogens is 422 g/mol. The summed E-state index contributed by atoms with van der Waals surface area (Å²) in [5.41, 5.74) is 5.99. The molecule has 5 nitrogen and oxygen atoms in total. The Morgan fingerprint density at radius 1 is 1.00 bits per heavy atom. The van der Waals surface area contributed by atoms with Crippen LogP contribution in [0.3, 0.4) is 0 Å². The Bertz CT molecular complexity index is 1090. The largest absolute Gasteiger partial charge is 0.497 e. The van der Waals surface area contributed by atoms with Crippen molar-refractivity contribution >= 4 is 24.1 Å². The Morgan fingerprint density at radius 2 is 1.69 bits per heavy atom. The quantitative estimate of drug-likeness (QED) is 0.415. The Morgan fingerprint density at radius 3 is 2.34 bits per heavy atom. The number of nitrogens with zero attached hydrogens (tertiary/aromatic N) is 1. The maximum atomic E-state index is 13.2. The highest BCUT2D eigenvalue weighted by molar-refractivity contribution is 7.79. The summed E-state index contributed by atoms with van der Waals surface area (Å²) in [5, 5.41) is 9.99. The summed E-state index contributed by atoms with van der Waals surface area (Å²) < 4.78 is 10.9. The van der Waals surface area contributed by atoms with Crippen LogP contribution in [-0.4, -0.2) is 44.3 Å². The Balaban J connectivity index is 1.78. The molecule has 6 heteroatoms. The fourth-order valence-corrected chi connectivity index (χ4v) is 4.20. The van der Waals surface area contributed by atoms with Gasteiger partial charge in [-0.15, -0.1) is 0 Å². The average molecular weight is 450 g/mol. The Kier molecular flexibility index (Phi) is 7.15. The summed E-state index contributed by atoms with van der Waals surface area (Å²) in [6.07, 6.45) is 0. The molecular formula is C26H27NO4S. The van der Waals surface area contributed by atoms with Crippen molar-refractivity contribution in [3.05, 3.63) is 82.9 Å². The predicted octanol–water partition coefficient (Wildman–Crippen LogP) is 4.35. The van der Waals surface area contributed by atoms with Crippen molar-refractivity contribution in [1.29, 1.82) is 0 Å². The van der Waals surface area contributed by atoms with Crippen LogP contribution in [0.2, 0.25) is 0 Å². The zero-order chi connectivity index (χ0) is 22.5. The SMILES string of the molecule is COc1ccc(-c2ccc(C(=O)c3ccc(CS)cc3)cc2N2CCOCC2)c(CO)c1. The third-order valence-corrected chi connectivity index (χ3v) is 6.15. The molecule has 1 heterocycles. The lowest BCUT2D eigenvalue weighted by atomic mass is 9.94. The van der Waals surface area contributed by atoms with E-state index >= 15 is 0 Å². The Labute approximate surface area is 194 Å². The molecule has 166 valence electrons. The maximum absolute atomic E-state index is 13.2. The van der Waals surface area contributed by atoms with Gasteiger partial charge in [-0.25, -0.2) is 0 Å². The van der Waals surface area contributed by atoms with E-state index in [1.54, 1.807) is 7.11 Å². The maximum Gasteiger partial charge on any atom is 0.193 e. The fourth-order valence-electron chi connectivity index (χ4n) is 3.99. The minimum atomic E-state index is -0.104. The predicted molar refractivity (Wildman–Crippen MR) is 130 cm³/mol. The van der Waals surface area contributed by atoms with E-state index in [2.05, 4.69) is 17.5 Å². The van der Waals surface area contributed by atoms with E-state index in [0.717, 1.165) is 41.0 Å². The number of rotatable bonds is 7. The highest BCUT2D eigenvalue weighted by Crippen LogP contribution is 2.36. The standard InChI is InChI=1S/C26H27NO4S/c1-30-22-7-9-23(21(14-22)16-28)24-8-6-20(15-25(24)27-10-12-31-13-11-27)26(29)19-4-2-18(17-32)3-5-19/h2-9,14-15,28,32H,10-13,16-17H2,1H3. The summed E-state index contributed by atoms with van der Waals surface area (Å²) in [7, 11) is 1.61. The molecule has 1 aliphatic heterocycles. The summed E-state index contributed by atoms with van der Waals surface area (Å²) in [6.45, 7) is 2.65. The van der Waals surface area contributed by atoms with Crippen LogP contribution in [-0.2, 0) is 17.1 Å². The van der Waals surface area contributed by atoms with Crippen molar-refractivity contribution in [2.45, 2.75) is 12.4 Å². The molecule has 32 heavy (non-hydrogen) atoms. The highest BCUT2D eigenvalue weighted by Gasteiger charge is 2.20. The molecule has 0 saturated carbocycles.